The Labute approximate surface area is 129 Å². The minimum absolute atomic E-state index is 0.425. The molecule has 1 heterocycles. The second-order valence-corrected chi connectivity index (χ2v) is 4.64. The summed E-state index contributed by atoms with van der Waals surface area (Å²) >= 11 is 5.19. The third-order valence-electron chi connectivity index (χ3n) is 2.77. The van der Waals surface area contributed by atoms with Crippen LogP contribution in [-0.4, -0.2) is 22.9 Å². The van der Waals surface area contributed by atoms with Crippen molar-refractivity contribution in [2.75, 3.05) is 12.4 Å². The zero-order chi connectivity index (χ0) is 15.1. The van der Waals surface area contributed by atoms with Crippen LogP contribution in [0.25, 0.3) is 0 Å². The fourth-order valence-electron chi connectivity index (χ4n) is 1.63. The molecule has 0 bridgehead atoms. The van der Waals surface area contributed by atoms with E-state index in [0.29, 0.717) is 5.11 Å². The van der Waals surface area contributed by atoms with Crippen LogP contribution in [0.15, 0.2) is 53.9 Å². The number of thiocarbonyl (C=S) groups is 1. The van der Waals surface area contributed by atoms with Gasteiger partial charge < -0.3 is 10.1 Å². The van der Waals surface area contributed by atoms with Crippen LogP contribution < -0.4 is 15.5 Å². The lowest BCUT2D eigenvalue weighted by molar-refractivity contribution is 0.415. The van der Waals surface area contributed by atoms with Gasteiger partial charge in [0.05, 0.1) is 12.8 Å². The van der Waals surface area contributed by atoms with Crippen LogP contribution in [0.3, 0.4) is 0 Å². The first kappa shape index (κ1) is 14.9. The molecule has 0 atom stereocenters. The minimum atomic E-state index is 0.425. The number of aromatic nitrogens is 1. The quantitative estimate of drug-likeness (QED) is 0.516. The van der Waals surface area contributed by atoms with Crippen LogP contribution in [0.1, 0.15) is 12.5 Å². The molecule has 1 aromatic carbocycles. The fourth-order valence-corrected chi connectivity index (χ4v) is 1.79. The smallest absolute Gasteiger partial charge is 0.191 e. The molecule has 6 heteroatoms. The highest BCUT2D eigenvalue weighted by atomic mass is 32.1. The number of anilines is 1. The monoisotopic (exact) mass is 300 g/mol. The number of nitrogens with one attached hydrogen (secondary N) is 2. The zero-order valence-electron chi connectivity index (χ0n) is 11.8. The highest BCUT2D eigenvalue weighted by Crippen LogP contribution is 2.14. The summed E-state index contributed by atoms with van der Waals surface area (Å²) in [7, 11) is 1.63. The normalized spacial score (nSPS) is 10.9. The van der Waals surface area contributed by atoms with Gasteiger partial charge in [-0.15, -0.1) is 0 Å². The number of nitrogens with zero attached hydrogens (tertiary/aromatic N) is 2. The average Bonchev–Trinajstić information content (AvgIpc) is 2.54. The molecule has 0 fully saturated rings. The molecule has 0 amide bonds. The predicted molar refractivity (Wildman–Crippen MR) is 88.8 cm³/mol. The Balaban J connectivity index is 1.92. The molecule has 0 aliphatic heterocycles. The molecular formula is C15H16N4OS. The third-order valence-corrected chi connectivity index (χ3v) is 2.96. The predicted octanol–water partition coefficient (Wildman–Crippen LogP) is 2.80. The van der Waals surface area contributed by atoms with Gasteiger partial charge in [-0.1, -0.05) is 0 Å². The molecule has 0 spiro atoms. The summed E-state index contributed by atoms with van der Waals surface area (Å²) in [6, 6.07) is 11.3. The molecule has 108 valence electrons. The first-order valence-electron chi connectivity index (χ1n) is 6.35. The van der Waals surface area contributed by atoms with Crippen molar-refractivity contribution in [2.24, 2.45) is 5.10 Å². The largest absolute Gasteiger partial charge is 0.497 e. The molecule has 2 aromatic rings. The van der Waals surface area contributed by atoms with Crippen LogP contribution in [-0.2, 0) is 0 Å². The van der Waals surface area contributed by atoms with Gasteiger partial charge in [0.1, 0.15) is 5.75 Å². The molecular weight excluding hydrogens is 284 g/mol. The molecule has 2 rings (SSSR count). The van der Waals surface area contributed by atoms with Crippen molar-refractivity contribution in [1.82, 2.24) is 10.4 Å². The summed E-state index contributed by atoms with van der Waals surface area (Å²) < 4.78 is 5.10. The summed E-state index contributed by atoms with van der Waals surface area (Å²) in [5, 5.41) is 7.70. The molecule has 0 aliphatic rings. The van der Waals surface area contributed by atoms with Crippen LogP contribution in [0, 0.1) is 0 Å². The van der Waals surface area contributed by atoms with E-state index >= 15 is 0 Å². The molecule has 2 N–H and O–H groups in total. The number of hydrogen-bond donors (Lipinski definition) is 2. The Morgan fingerprint density at radius 1 is 1.14 bits per heavy atom. The first-order valence-corrected chi connectivity index (χ1v) is 6.75. The van der Waals surface area contributed by atoms with Gasteiger partial charge in [0.2, 0.25) is 0 Å². The van der Waals surface area contributed by atoms with E-state index in [4.69, 9.17) is 17.0 Å². The molecule has 21 heavy (non-hydrogen) atoms. The van der Waals surface area contributed by atoms with Gasteiger partial charge in [-0.25, -0.2) is 0 Å². The summed E-state index contributed by atoms with van der Waals surface area (Å²) in [4.78, 5) is 3.97. The Morgan fingerprint density at radius 3 is 2.43 bits per heavy atom. The van der Waals surface area contributed by atoms with Gasteiger partial charge in [-0.05, 0) is 55.5 Å². The van der Waals surface area contributed by atoms with Crippen molar-refractivity contribution in [3.8, 4) is 5.75 Å². The van der Waals surface area contributed by atoms with Crippen molar-refractivity contribution in [1.29, 1.82) is 0 Å². The van der Waals surface area contributed by atoms with Crippen LogP contribution >= 0.6 is 12.2 Å². The van der Waals surface area contributed by atoms with E-state index in [0.717, 1.165) is 22.7 Å². The molecule has 1 aromatic heterocycles. The highest BCUT2D eigenvalue weighted by Gasteiger charge is 1.99. The minimum Gasteiger partial charge on any atom is -0.497 e. The van der Waals surface area contributed by atoms with E-state index in [1.807, 2.05) is 43.3 Å². The standard InChI is InChI=1S/C15H16N4OS/c1-11(12-7-9-16-10-8-12)18-19-15(21)17-13-3-5-14(20-2)6-4-13/h3-10H,1-2H3,(H2,17,19,21)/b18-11+. The molecule has 0 saturated carbocycles. The average molecular weight is 300 g/mol. The second-order valence-electron chi connectivity index (χ2n) is 4.23. The van der Waals surface area contributed by atoms with Crippen molar-refractivity contribution in [3.05, 3.63) is 54.4 Å². The lowest BCUT2D eigenvalue weighted by Crippen LogP contribution is -2.24. The maximum Gasteiger partial charge on any atom is 0.191 e. The summed E-state index contributed by atoms with van der Waals surface area (Å²) in [5.74, 6) is 0.797. The molecule has 0 aliphatic carbocycles. The summed E-state index contributed by atoms with van der Waals surface area (Å²) in [5.41, 5.74) is 5.50. The summed E-state index contributed by atoms with van der Waals surface area (Å²) in [6.07, 6.45) is 3.45. The van der Waals surface area contributed by atoms with E-state index < -0.39 is 0 Å². The fraction of sp³-hybridized carbons (Fsp3) is 0.133. The third kappa shape index (κ3) is 4.54. The van der Waals surface area contributed by atoms with Gasteiger partial charge in [0, 0.05) is 23.6 Å². The van der Waals surface area contributed by atoms with E-state index in [-0.39, 0.29) is 0 Å². The van der Waals surface area contributed by atoms with Crippen LogP contribution in [0.5, 0.6) is 5.75 Å². The highest BCUT2D eigenvalue weighted by molar-refractivity contribution is 7.80. The van der Waals surface area contributed by atoms with Gasteiger partial charge in [-0.3, -0.25) is 10.4 Å². The van der Waals surface area contributed by atoms with E-state index in [9.17, 15) is 0 Å². The second kappa shape index (κ2) is 7.35. The Morgan fingerprint density at radius 2 is 1.81 bits per heavy atom. The Kier molecular flexibility index (Phi) is 5.22. The first-order chi connectivity index (χ1) is 10.2. The van der Waals surface area contributed by atoms with Crippen LogP contribution in [0.2, 0.25) is 0 Å². The van der Waals surface area contributed by atoms with Gasteiger partial charge in [0.15, 0.2) is 5.11 Å². The number of pyridine rings is 1. The lowest BCUT2D eigenvalue weighted by atomic mass is 10.2. The van der Waals surface area contributed by atoms with E-state index in [1.54, 1.807) is 19.5 Å². The maximum atomic E-state index is 5.19. The number of hydrazone groups is 1. The SMILES string of the molecule is COc1ccc(NC(=S)N/N=C(\C)c2ccncc2)cc1. The zero-order valence-corrected chi connectivity index (χ0v) is 12.6. The Bertz CT molecular complexity index is 626. The van der Waals surface area contributed by atoms with Crippen molar-refractivity contribution >= 4 is 28.7 Å². The van der Waals surface area contributed by atoms with Gasteiger partial charge in [0.25, 0.3) is 0 Å². The van der Waals surface area contributed by atoms with Crippen molar-refractivity contribution in [3.63, 3.8) is 0 Å². The van der Waals surface area contributed by atoms with Crippen LogP contribution in [0.4, 0.5) is 5.69 Å². The summed E-state index contributed by atoms with van der Waals surface area (Å²) in [6.45, 7) is 1.90. The number of methoxy groups -OCH3 is 1. The Hall–Kier alpha value is -2.47. The number of hydrogen-bond acceptors (Lipinski definition) is 4. The molecule has 5 nitrogen and oxygen atoms in total. The molecule has 0 saturated heterocycles. The topological polar surface area (TPSA) is 58.5 Å². The van der Waals surface area contributed by atoms with Crippen molar-refractivity contribution in [2.45, 2.75) is 6.92 Å². The van der Waals surface area contributed by atoms with Gasteiger partial charge >= 0.3 is 0 Å². The van der Waals surface area contributed by atoms with E-state index in [1.165, 1.54) is 0 Å². The lowest BCUT2D eigenvalue weighted by Gasteiger charge is -2.08. The number of rotatable bonds is 4. The van der Waals surface area contributed by atoms with E-state index in [2.05, 4.69) is 20.8 Å². The molecule has 0 radical (unpaired) electrons. The van der Waals surface area contributed by atoms with Crippen molar-refractivity contribution < 1.29 is 4.74 Å². The number of benzene rings is 1. The molecule has 0 unspecified atom stereocenters. The number of ether oxygens (including phenoxy) is 1. The van der Waals surface area contributed by atoms with Gasteiger partial charge in [-0.2, -0.15) is 5.10 Å². The maximum absolute atomic E-state index is 5.19.